The molecule has 0 aliphatic carbocycles. The predicted octanol–water partition coefficient (Wildman–Crippen LogP) is 5.85. The van der Waals surface area contributed by atoms with Crippen LogP contribution < -0.4 is 0 Å². The molecule has 0 spiro atoms. The zero-order chi connectivity index (χ0) is 20.9. The molecule has 0 amide bonds. The predicted molar refractivity (Wildman–Crippen MR) is 121 cm³/mol. The van der Waals surface area contributed by atoms with E-state index in [4.69, 9.17) is 9.47 Å². The molecule has 0 atom stereocenters. The Morgan fingerprint density at radius 1 is 0.867 bits per heavy atom. The lowest BCUT2D eigenvalue weighted by molar-refractivity contribution is -0.142. The van der Waals surface area contributed by atoms with Crippen molar-refractivity contribution in [2.75, 3.05) is 13.2 Å². The average molecular weight is 399 g/mol. The Morgan fingerprint density at radius 2 is 1.67 bits per heavy atom. The molecule has 3 aromatic carbocycles. The van der Waals surface area contributed by atoms with Gasteiger partial charge in [0.25, 0.3) is 0 Å². The molecule has 0 bridgehead atoms. The number of rotatable bonds is 7. The number of aromatic nitrogens is 1. The third-order valence-electron chi connectivity index (χ3n) is 4.98. The van der Waals surface area contributed by atoms with Crippen LogP contribution in [0.3, 0.4) is 0 Å². The highest BCUT2D eigenvalue weighted by molar-refractivity contribution is 5.92. The molecule has 0 saturated heterocycles. The number of fused-ring (bicyclic) bond motifs is 2. The van der Waals surface area contributed by atoms with Gasteiger partial charge in [-0.05, 0) is 60.0 Å². The molecule has 0 radical (unpaired) electrons. The van der Waals surface area contributed by atoms with Gasteiger partial charge in [-0.3, -0.25) is 0 Å². The standard InChI is InChI=1S/C26H25NO3/c1-3-29-25(26(28)30-4-2)16-19-10-12-24-22(14-19)17-23(27-24)15-18-9-11-20-7-5-6-8-21(20)13-18/h5-14,16-17,27H,3-4,15H2,1-2H3/b25-16+. The van der Waals surface area contributed by atoms with E-state index < -0.39 is 5.97 Å². The first-order chi connectivity index (χ1) is 14.7. The van der Waals surface area contributed by atoms with Crippen molar-refractivity contribution in [1.29, 1.82) is 0 Å². The number of hydrogen-bond acceptors (Lipinski definition) is 3. The summed E-state index contributed by atoms with van der Waals surface area (Å²) in [7, 11) is 0. The van der Waals surface area contributed by atoms with Gasteiger partial charge in [0.15, 0.2) is 0 Å². The first kappa shape index (κ1) is 19.8. The fourth-order valence-corrected chi connectivity index (χ4v) is 3.63. The van der Waals surface area contributed by atoms with Crippen LogP contribution in [0.25, 0.3) is 27.8 Å². The van der Waals surface area contributed by atoms with E-state index in [0.717, 1.165) is 28.6 Å². The third-order valence-corrected chi connectivity index (χ3v) is 4.98. The summed E-state index contributed by atoms with van der Waals surface area (Å²) in [6, 6.07) is 23.2. The molecule has 0 unspecified atom stereocenters. The first-order valence-electron chi connectivity index (χ1n) is 10.3. The molecule has 0 aliphatic heterocycles. The Balaban J connectivity index is 1.59. The van der Waals surface area contributed by atoms with Crippen LogP contribution in [-0.4, -0.2) is 24.2 Å². The van der Waals surface area contributed by atoms with E-state index >= 15 is 0 Å². The molecule has 152 valence electrons. The second-order valence-electron chi connectivity index (χ2n) is 7.16. The molecule has 0 fully saturated rings. The molecular formula is C26H25NO3. The van der Waals surface area contributed by atoms with Gasteiger partial charge in [0, 0.05) is 23.0 Å². The highest BCUT2D eigenvalue weighted by Gasteiger charge is 2.12. The van der Waals surface area contributed by atoms with E-state index in [1.807, 2.05) is 25.1 Å². The van der Waals surface area contributed by atoms with Gasteiger partial charge >= 0.3 is 5.97 Å². The lowest BCUT2D eigenvalue weighted by Gasteiger charge is -2.07. The summed E-state index contributed by atoms with van der Waals surface area (Å²) in [5.41, 5.74) is 4.38. The largest absolute Gasteiger partial charge is 0.487 e. The van der Waals surface area contributed by atoms with Crippen molar-refractivity contribution >= 4 is 33.7 Å². The summed E-state index contributed by atoms with van der Waals surface area (Å²) >= 11 is 0. The Kier molecular flexibility index (Phi) is 5.84. The van der Waals surface area contributed by atoms with Crippen LogP contribution in [0.1, 0.15) is 30.7 Å². The smallest absolute Gasteiger partial charge is 0.373 e. The van der Waals surface area contributed by atoms with Crippen molar-refractivity contribution < 1.29 is 14.3 Å². The summed E-state index contributed by atoms with van der Waals surface area (Å²) < 4.78 is 10.5. The van der Waals surface area contributed by atoms with E-state index in [-0.39, 0.29) is 5.76 Å². The van der Waals surface area contributed by atoms with Crippen molar-refractivity contribution in [2.45, 2.75) is 20.3 Å². The second-order valence-corrected chi connectivity index (χ2v) is 7.16. The molecule has 4 aromatic rings. The summed E-state index contributed by atoms with van der Waals surface area (Å²) in [4.78, 5) is 15.6. The van der Waals surface area contributed by atoms with Crippen LogP contribution in [-0.2, 0) is 20.7 Å². The Bertz CT molecular complexity index is 1220. The number of hydrogen-bond donors (Lipinski definition) is 1. The van der Waals surface area contributed by atoms with Crippen LogP contribution in [0, 0.1) is 0 Å². The van der Waals surface area contributed by atoms with E-state index in [0.29, 0.717) is 13.2 Å². The highest BCUT2D eigenvalue weighted by Crippen LogP contribution is 2.23. The Morgan fingerprint density at radius 3 is 2.47 bits per heavy atom. The second kappa shape index (κ2) is 8.87. The van der Waals surface area contributed by atoms with Crippen molar-refractivity contribution in [2.24, 2.45) is 0 Å². The van der Waals surface area contributed by atoms with Gasteiger partial charge in [0.05, 0.1) is 13.2 Å². The highest BCUT2D eigenvalue weighted by atomic mass is 16.6. The number of benzene rings is 3. The monoisotopic (exact) mass is 399 g/mol. The van der Waals surface area contributed by atoms with Gasteiger partial charge in [0.2, 0.25) is 5.76 Å². The maximum atomic E-state index is 12.1. The van der Waals surface area contributed by atoms with Crippen molar-refractivity contribution in [3.8, 4) is 0 Å². The maximum Gasteiger partial charge on any atom is 0.373 e. The Hall–Kier alpha value is -3.53. The summed E-state index contributed by atoms with van der Waals surface area (Å²) in [5.74, 6) is -0.212. The topological polar surface area (TPSA) is 51.3 Å². The van der Waals surface area contributed by atoms with Gasteiger partial charge in [-0.25, -0.2) is 4.79 Å². The molecule has 4 heteroatoms. The molecule has 4 nitrogen and oxygen atoms in total. The average Bonchev–Trinajstić information content (AvgIpc) is 3.15. The Labute approximate surface area is 176 Å². The molecule has 1 N–H and O–H groups in total. The van der Waals surface area contributed by atoms with Gasteiger partial charge < -0.3 is 14.5 Å². The van der Waals surface area contributed by atoms with E-state index in [1.54, 1.807) is 13.0 Å². The van der Waals surface area contributed by atoms with Crippen molar-refractivity contribution in [1.82, 2.24) is 4.98 Å². The van der Waals surface area contributed by atoms with Crippen LogP contribution in [0.5, 0.6) is 0 Å². The van der Waals surface area contributed by atoms with E-state index in [1.165, 1.54) is 16.3 Å². The number of esters is 1. The zero-order valence-corrected chi connectivity index (χ0v) is 17.3. The normalized spacial score (nSPS) is 11.7. The SMILES string of the molecule is CCOC(=O)/C(=C\c1ccc2[nH]c(Cc3ccc4ccccc4c3)cc2c1)OCC. The van der Waals surface area contributed by atoms with E-state index in [9.17, 15) is 4.79 Å². The number of carbonyl (C=O) groups is 1. The molecular weight excluding hydrogens is 374 g/mol. The fraction of sp³-hybridized carbons (Fsp3) is 0.192. The minimum atomic E-state index is -0.439. The first-order valence-corrected chi connectivity index (χ1v) is 10.3. The van der Waals surface area contributed by atoms with Crippen molar-refractivity contribution in [3.63, 3.8) is 0 Å². The van der Waals surface area contributed by atoms with Crippen LogP contribution in [0.15, 0.2) is 72.5 Å². The van der Waals surface area contributed by atoms with Crippen LogP contribution >= 0.6 is 0 Å². The van der Waals surface area contributed by atoms with Crippen LogP contribution in [0.4, 0.5) is 0 Å². The minimum absolute atomic E-state index is 0.227. The van der Waals surface area contributed by atoms with Gasteiger partial charge in [-0.1, -0.05) is 48.5 Å². The summed E-state index contributed by atoms with van der Waals surface area (Å²) in [6.45, 7) is 4.36. The lowest BCUT2D eigenvalue weighted by Crippen LogP contribution is -2.10. The summed E-state index contributed by atoms with van der Waals surface area (Å²) in [5, 5.41) is 3.60. The molecule has 30 heavy (non-hydrogen) atoms. The van der Waals surface area contributed by atoms with E-state index in [2.05, 4.69) is 53.5 Å². The van der Waals surface area contributed by atoms with Crippen molar-refractivity contribution in [3.05, 3.63) is 89.3 Å². The summed E-state index contributed by atoms with van der Waals surface area (Å²) in [6.07, 6.45) is 2.56. The molecule has 0 saturated carbocycles. The number of aromatic amines is 1. The lowest BCUT2D eigenvalue weighted by atomic mass is 10.0. The fourth-order valence-electron chi connectivity index (χ4n) is 3.63. The van der Waals surface area contributed by atoms with Gasteiger partial charge in [0.1, 0.15) is 0 Å². The van der Waals surface area contributed by atoms with Gasteiger partial charge in [-0.2, -0.15) is 0 Å². The number of nitrogens with one attached hydrogen (secondary N) is 1. The number of H-pyrrole nitrogens is 1. The molecule has 1 aromatic heterocycles. The molecule has 1 heterocycles. The number of carbonyl (C=O) groups excluding carboxylic acids is 1. The maximum absolute atomic E-state index is 12.1. The number of ether oxygens (including phenoxy) is 2. The quantitative estimate of drug-likeness (QED) is 0.241. The molecule has 0 aliphatic rings. The third kappa shape index (κ3) is 4.38. The zero-order valence-electron chi connectivity index (χ0n) is 17.3. The minimum Gasteiger partial charge on any atom is -0.487 e. The van der Waals surface area contributed by atoms with Gasteiger partial charge in [-0.15, -0.1) is 0 Å². The van der Waals surface area contributed by atoms with Crippen LogP contribution in [0.2, 0.25) is 0 Å². The molecule has 4 rings (SSSR count).